The van der Waals surface area contributed by atoms with Gasteiger partial charge in [-0.1, -0.05) is 0 Å². The molecule has 0 bridgehead atoms. The number of hydrogen-bond donors (Lipinski definition) is 2. The van der Waals surface area contributed by atoms with Crippen molar-refractivity contribution in [2.75, 3.05) is 6.61 Å². The van der Waals surface area contributed by atoms with Gasteiger partial charge in [0.1, 0.15) is 5.75 Å². The molecule has 0 aromatic heterocycles. The van der Waals surface area contributed by atoms with E-state index < -0.39 is 4.92 Å². The van der Waals surface area contributed by atoms with Gasteiger partial charge in [0.2, 0.25) is 0 Å². The number of aliphatic hydroxyl groups excluding tert-OH is 1. The normalized spacial score (nSPS) is 7.86. The van der Waals surface area contributed by atoms with Gasteiger partial charge in [-0.25, -0.2) is 0 Å². The summed E-state index contributed by atoms with van der Waals surface area (Å²) in [7, 11) is 0. The van der Waals surface area contributed by atoms with E-state index in [1.165, 1.54) is 24.3 Å². The summed E-state index contributed by atoms with van der Waals surface area (Å²) in [6.45, 7) is 1.93. The fourth-order valence-electron chi connectivity index (χ4n) is 0.574. The summed E-state index contributed by atoms with van der Waals surface area (Å²) in [5, 5.41) is 26.3. The van der Waals surface area contributed by atoms with E-state index in [-0.39, 0.29) is 50.8 Å². The number of phenols is 1. The first-order valence-electron chi connectivity index (χ1n) is 3.66. The Hall–Kier alpha value is -0.516. The minimum atomic E-state index is -0.514. The number of benzene rings is 1. The number of rotatable bonds is 1. The molecule has 0 spiro atoms. The van der Waals surface area contributed by atoms with E-state index in [2.05, 4.69) is 0 Å². The third kappa shape index (κ3) is 6.94. The zero-order valence-electron chi connectivity index (χ0n) is 7.75. The van der Waals surface area contributed by atoms with E-state index in [1.807, 2.05) is 0 Å². The van der Waals surface area contributed by atoms with Crippen molar-refractivity contribution in [3.8, 4) is 5.75 Å². The smallest absolute Gasteiger partial charge is 0.269 e. The first-order chi connectivity index (χ1) is 6.11. The molecule has 1 rings (SSSR count). The number of non-ortho nitro benzene ring substituents is 1. The molecular weight excluding hydrogens is 263 g/mol. The maximum atomic E-state index is 10.0. The summed E-state index contributed by atoms with van der Waals surface area (Å²) in [5.74, 6) is 0.0330. The second-order valence-electron chi connectivity index (χ2n) is 2.09. The van der Waals surface area contributed by atoms with Gasteiger partial charge in [-0.05, 0) is 19.1 Å². The van der Waals surface area contributed by atoms with E-state index >= 15 is 0 Å². The van der Waals surface area contributed by atoms with Crippen LogP contribution in [-0.2, 0) is 32.7 Å². The molecule has 1 aromatic carbocycles. The van der Waals surface area contributed by atoms with E-state index in [0.717, 1.165) is 0 Å². The first kappa shape index (κ1) is 15.9. The number of nitro groups is 1. The van der Waals surface area contributed by atoms with Crippen LogP contribution in [0, 0.1) is 10.1 Å². The van der Waals surface area contributed by atoms with Crippen LogP contribution in [0.3, 0.4) is 0 Å². The van der Waals surface area contributed by atoms with E-state index in [1.54, 1.807) is 6.92 Å². The number of aromatic hydroxyl groups is 1. The zero-order valence-corrected chi connectivity index (χ0v) is 10.6. The molecule has 0 amide bonds. The molecule has 0 aliphatic heterocycles. The van der Waals surface area contributed by atoms with Crippen LogP contribution in [0.5, 0.6) is 5.75 Å². The average molecular weight is 274 g/mol. The van der Waals surface area contributed by atoms with Gasteiger partial charge in [0.05, 0.1) is 4.92 Å². The topological polar surface area (TPSA) is 83.6 Å². The standard InChI is InChI=1S/C6H5NO3.C2H6O.Y/c8-6-3-1-5(2-4-6)7(9)10;1-2-3;/h1-4,8H;3H,2H2,1H3;. The fraction of sp³-hybridized carbons (Fsp3) is 0.250. The van der Waals surface area contributed by atoms with Crippen LogP contribution < -0.4 is 0 Å². The largest absolute Gasteiger partial charge is 0.508 e. The fourth-order valence-corrected chi connectivity index (χ4v) is 0.574. The molecule has 2 N–H and O–H groups in total. The van der Waals surface area contributed by atoms with Crippen molar-refractivity contribution in [1.82, 2.24) is 0 Å². The second-order valence-corrected chi connectivity index (χ2v) is 2.09. The zero-order chi connectivity index (χ0) is 10.3. The van der Waals surface area contributed by atoms with Crippen LogP contribution >= 0.6 is 0 Å². The molecule has 0 unspecified atom stereocenters. The Bertz CT molecular complexity index is 263. The molecule has 14 heavy (non-hydrogen) atoms. The number of nitrogens with zero attached hydrogens (tertiary/aromatic N) is 1. The second kappa shape index (κ2) is 9.06. The van der Waals surface area contributed by atoms with E-state index in [9.17, 15) is 10.1 Å². The minimum Gasteiger partial charge on any atom is -0.508 e. The molecule has 0 saturated carbocycles. The first-order valence-corrected chi connectivity index (χ1v) is 3.66. The molecule has 5 nitrogen and oxygen atoms in total. The summed E-state index contributed by atoms with van der Waals surface area (Å²) in [5.41, 5.74) is -0.0159. The van der Waals surface area contributed by atoms with Crippen molar-refractivity contribution < 1.29 is 47.8 Å². The quantitative estimate of drug-likeness (QED) is 0.597. The number of nitro benzene ring substituents is 1. The summed E-state index contributed by atoms with van der Waals surface area (Å²) < 4.78 is 0. The van der Waals surface area contributed by atoms with Crippen LogP contribution in [0.1, 0.15) is 6.92 Å². The Kier molecular flexibility index (Phi) is 10.3. The van der Waals surface area contributed by atoms with Crippen molar-refractivity contribution in [2.45, 2.75) is 6.92 Å². The monoisotopic (exact) mass is 274 g/mol. The number of phenolic OH excluding ortho intramolecular Hbond substituents is 1. The van der Waals surface area contributed by atoms with Crippen molar-refractivity contribution in [2.24, 2.45) is 0 Å². The molecule has 1 radical (unpaired) electrons. The Morgan fingerprint density at radius 2 is 1.71 bits per heavy atom. The van der Waals surface area contributed by atoms with E-state index in [4.69, 9.17) is 10.2 Å². The van der Waals surface area contributed by atoms with Crippen LogP contribution in [-0.4, -0.2) is 21.7 Å². The molecule has 0 aliphatic carbocycles. The number of aliphatic hydroxyl groups is 1. The van der Waals surface area contributed by atoms with Crippen LogP contribution in [0.2, 0.25) is 0 Å². The summed E-state index contributed by atoms with van der Waals surface area (Å²) >= 11 is 0. The summed E-state index contributed by atoms with van der Waals surface area (Å²) in [6.07, 6.45) is 0. The van der Waals surface area contributed by atoms with Crippen molar-refractivity contribution >= 4 is 5.69 Å². The molecule has 0 fully saturated rings. The minimum absolute atomic E-state index is 0. The van der Waals surface area contributed by atoms with Crippen LogP contribution in [0.15, 0.2) is 24.3 Å². The van der Waals surface area contributed by atoms with Gasteiger partial charge >= 0.3 is 0 Å². The van der Waals surface area contributed by atoms with Gasteiger partial charge < -0.3 is 10.2 Å². The van der Waals surface area contributed by atoms with Gasteiger partial charge in [0.15, 0.2) is 0 Å². The molecule has 1 aromatic rings. The molecule has 0 aliphatic rings. The van der Waals surface area contributed by atoms with Gasteiger partial charge in [-0.15, -0.1) is 0 Å². The van der Waals surface area contributed by atoms with Gasteiger partial charge in [-0.2, -0.15) is 0 Å². The molecule has 0 atom stereocenters. The predicted octanol–water partition coefficient (Wildman–Crippen LogP) is 1.30. The SMILES string of the molecule is CCO.O=[N+]([O-])c1ccc(O)cc1.[Y]. The Morgan fingerprint density at radius 3 is 2.00 bits per heavy atom. The van der Waals surface area contributed by atoms with Crippen molar-refractivity contribution in [1.29, 1.82) is 0 Å². The van der Waals surface area contributed by atoms with Crippen LogP contribution in [0.25, 0.3) is 0 Å². The maximum Gasteiger partial charge on any atom is 0.269 e. The summed E-state index contributed by atoms with van der Waals surface area (Å²) in [4.78, 5) is 9.52. The molecule has 75 valence electrons. The Labute approximate surface area is 107 Å². The van der Waals surface area contributed by atoms with Crippen molar-refractivity contribution in [3.63, 3.8) is 0 Å². The van der Waals surface area contributed by atoms with Crippen LogP contribution in [0.4, 0.5) is 5.69 Å². The third-order valence-electron chi connectivity index (χ3n) is 1.06. The molecule has 0 saturated heterocycles. The predicted molar refractivity (Wildman–Crippen MR) is 47.5 cm³/mol. The Balaban J connectivity index is 0. The molecule has 0 heterocycles. The number of hydrogen-bond acceptors (Lipinski definition) is 4. The van der Waals surface area contributed by atoms with Gasteiger partial charge in [0.25, 0.3) is 5.69 Å². The van der Waals surface area contributed by atoms with Gasteiger partial charge in [-0.3, -0.25) is 10.1 Å². The average Bonchev–Trinajstić information content (AvgIpc) is 2.06. The maximum absolute atomic E-state index is 10.0. The Morgan fingerprint density at radius 1 is 1.36 bits per heavy atom. The van der Waals surface area contributed by atoms with Crippen molar-refractivity contribution in [3.05, 3.63) is 34.4 Å². The van der Waals surface area contributed by atoms with E-state index in [0.29, 0.717) is 0 Å². The van der Waals surface area contributed by atoms with Gasteiger partial charge in [0, 0.05) is 51.4 Å². The molecule has 6 heteroatoms. The third-order valence-corrected chi connectivity index (χ3v) is 1.06. The molecular formula is C8H11NO4Y. The summed E-state index contributed by atoms with van der Waals surface area (Å²) in [6, 6.07) is 5.04.